The minimum absolute atomic E-state index is 0.133. The molecule has 0 saturated carbocycles. The van der Waals surface area contributed by atoms with Gasteiger partial charge in [0.15, 0.2) is 5.78 Å². The maximum Gasteiger partial charge on any atom is 0.161 e. The van der Waals surface area contributed by atoms with E-state index in [9.17, 15) is 4.79 Å². The van der Waals surface area contributed by atoms with Crippen molar-refractivity contribution >= 4 is 16.7 Å². The van der Waals surface area contributed by atoms with Gasteiger partial charge in [-0.2, -0.15) is 0 Å². The standard InChI is InChI=1S/C12H13NO/c1-3-13-8-11(9(2)14)10-6-4-5-7-12(10)13/h4-8H,3H2,1-2H3. The Morgan fingerprint density at radius 3 is 2.71 bits per heavy atom. The number of ketones is 1. The summed E-state index contributed by atoms with van der Waals surface area (Å²) < 4.78 is 2.10. The third-order valence-electron chi connectivity index (χ3n) is 2.51. The molecular formula is C12H13NO. The number of hydrogen-bond acceptors (Lipinski definition) is 1. The molecule has 1 aromatic carbocycles. The van der Waals surface area contributed by atoms with E-state index in [4.69, 9.17) is 0 Å². The first kappa shape index (κ1) is 9.00. The summed E-state index contributed by atoms with van der Waals surface area (Å²) in [5, 5.41) is 1.06. The third kappa shape index (κ3) is 1.23. The van der Waals surface area contributed by atoms with Crippen LogP contribution < -0.4 is 0 Å². The molecule has 1 aromatic heterocycles. The maximum atomic E-state index is 11.4. The van der Waals surface area contributed by atoms with Gasteiger partial charge >= 0.3 is 0 Å². The van der Waals surface area contributed by atoms with Crippen LogP contribution in [0.3, 0.4) is 0 Å². The number of fused-ring (bicyclic) bond motifs is 1. The Labute approximate surface area is 83.2 Å². The van der Waals surface area contributed by atoms with Crippen LogP contribution in [0.1, 0.15) is 24.2 Å². The van der Waals surface area contributed by atoms with E-state index in [0.717, 1.165) is 23.0 Å². The third-order valence-corrected chi connectivity index (χ3v) is 2.51. The van der Waals surface area contributed by atoms with Crippen LogP contribution in [0.5, 0.6) is 0 Å². The average molecular weight is 187 g/mol. The van der Waals surface area contributed by atoms with Gasteiger partial charge in [0.05, 0.1) is 0 Å². The molecular weight excluding hydrogens is 174 g/mol. The number of rotatable bonds is 2. The van der Waals surface area contributed by atoms with Crippen molar-refractivity contribution < 1.29 is 4.79 Å². The largest absolute Gasteiger partial charge is 0.347 e. The zero-order valence-electron chi connectivity index (χ0n) is 8.45. The van der Waals surface area contributed by atoms with Crippen LogP contribution in [-0.4, -0.2) is 10.4 Å². The molecule has 72 valence electrons. The van der Waals surface area contributed by atoms with E-state index in [1.807, 2.05) is 30.5 Å². The van der Waals surface area contributed by atoms with Crippen LogP contribution in [0.2, 0.25) is 0 Å². The quantitative estimate of drug-likeness (QED) is 0.662. The van der Waals surface area contributed by atoms with Gasteiger partial charge in [-0.3, -0.25) is 4.79 Å². The molecule has 0 aliphatic rings. The molecule has 0 unspecified atom stereocenters. The number of Topliss-reactive ketones (excluding diaryl/α,β-unsaturated/α-hetero) is 1. The Hall–Kier alpha value is -1.57. The van der Waals surface area contributed by atoms with E-state index >= 15 is 0 Å². The number of nitrogens with zero attached hydrogens (tertiary/aromatic N) is 1. The molecule has 0 aliphatic carbocycles. The second-order valence-corrected chi connectivity index (χ2v) is 3.40. The van der Waals surface area contributed by atoms with Gasteiger partial charge in [-0.1, -0.05) is 18.2 Å². The Morgan fingerprint density at radius 2 is 2.07 bits per heavy atom. The van der Waals surface area contributed by atoms with Crippen molar-refractivity contribution in [2.45, 2.75) is 20.4 Å². The molecule has 1 heterocycles. The van der Waals surface area contributed by atoms with Crippen LogP contribution in [0.4, 0.5) is 0 Å². The summed E-state index contributed by atoms with van der Waals surface area (Å²) in [6, 6.07) is 8.01. The van der Waals surface area contributed by atoms with E-state index in [-0.39, 0.29) is 5.78 Å². The van der Waals surface area contributed by atoms with Gasteiger partial charge in [-0.25, -0.2) is 0 Å². The number of carbonyl (C=O) groups is 1. The molecule has 0 saturated heterocycles. The Morgan fingerprint density at radius 1 is 1.36 bits per heavy atom. The maximum absolute atomic E-state index is 11.4. The van der Waals surface area contributed by atoms with Crippen LogP contribution in [0.25, 0.3) is 10.9 Å². The monoisotopic (exact) mass is 187 g/mol. The molecule has 0 atom stereocenters. The Bertz CT molecular complexity index is 482. The zero-order chi connectivity index (χ0) is 10.1. The first-order valence-corrected chi connectivity index (χ1v) is 4.83. The topological polar surface area (TPSA) is 22.0 Å². The SMILES string of the molecule is CCn1cc(C(C)=O)c2ccccc21. The molecule has 0 spiro atoms. The summed E-state index contributed by atoms with van der Waals surface area (Å²) in [6.45, 7) is 4.59. The van der Waals surface area contributed by atoms with E-state index in [1.54, 1.807) is 6.92 Å². The second kappa shape index (κ2) is 3.29. The molecule has 0 bridgehead atoms. The lowest BCUT2D eigenvalue weighted by atomic mass is 10.1. The number of hydrogen-bond donors (Lipinski definition) is 0. The Balaban J connectivity index is 2.80. The highest BCUT2D eigenvalue weighted by Gasteiger charge is 2.09. The molecule has 2 nitrogen and oxygen atoms in total. The first-order chi connectivity index (χ1) is 6.74. The molecule has 14 heavy (non-hydrogen) atoms. The first-order valence-electron chi connectivity index (χ1n) is 4.83. The second-order valence-electron chi connectivity index (χ2n) is 3.40. The Kier molecular flexibility index (Phi) is 2.12. The van der Waals surface area contributed by atoms with Crippen molar-refractivity contribution in [1.29, 1.82) is 0 Å². The lowest BCUT2D eigenvalue weighted by Gasteiger charge is -1.97. The summed E-state index contributed by atoms with van der Waals surface area (Å²) in [6.07, 6.45) is 1.94. The van der Waals surface area contributed by atoms with Crippen LogP contribution in [0, 0.1) is 0 Å². The van der Waals surface area contributed by atoms with Crippen LogP contribution in [0.15, 0.2) is 30.5 Å². The highest BCUT2D eigenvalue weighted by Crippen LogP contribution is 2.21. The van der Waals surface area contributed by atoms with E-state index < -0.39 is 0 Å². The number of aromatic nitrogens is 1. The van der Waals surface area contributed by atoms with Crippen molar-refractivity contribution in [3.8, 4) is 0 Å². The summed E-state index contributed by atoms with van der Waals surface area (Å²) in [7, 11) is 0. The predicted octanol–water partition coefficient (Wildman–Crippen LogP) is 2.86. The van der Waals surface area contributed by atoms with Crippen molar-refractivity contribution in [1.82, 2.24) is 4.57 Å². The van der Waals surface area contributed by atoms with E-state index in [0.29, 0.717) is 0 Å². The number of aryl methyl sites for hydroxylation is 1. The van der Waals surface area contributed by atoms with Gasteiger partial charge in [0.2, 0.25) is 0 Å². The van der Waals surface area contributed by atoms with Crippen molar-refractivity contribution in [3.63, 3.8) is 0 Å². The smallest absolute Gasteiger partial charge is 0.161 e. The summed E-state index contributed by atoms with van der Waals surface area (Å²) in [4.78, 5) is 11.4. The molecule has 2 aromatic rings. The number of benzene rings is 1. The molecule has 0 fully saturated rings. The van der Waals surface area contributed by atoms with E-state index in [2.05, 4.69) is 11.5 Å². The van der Waals surface area contributed by atoms with Crippen LogP contribution in [-0.2, 0) is 6.54 Å². The number of carbonyl (C=O) groups excluding carboxylic acids is 1. The fourth-order valence-corrected chi connectivity index (χ4v) is 1.79. The minimum atomic E-state index is 0.133. The zero-order valence-corrected chi connectivity index (χ0v) is 8.45. The van der Waals surface area contributed by atoms with Crippen molar-refractivity contribution in [2.24, 2.45) is 0 Å². The van der Waals surface area contributed by atoms with Gasteiger partial charge in [0, 0.05) is 29.2 Å². The highest BCUT2D eigenvalue weighted by atomic mass is 16.1. The summed E-state index contributed by atoms with van der Waals surface area (Å²) >= 11 is 0. The normalized spacial score (nSPS) is 10.7. The van der Waals surface area contributed by atoms with Crippen molar-refractivity contribution in [3.05, 3.63) is 36.0 Å². The van der Waals surface area contributed by atoms with Gasteiger partial charge in [-0.05, 0) is 19.9 Å². The minimum Gasteiger partial charge on any atom is -0.347 e. The molecule has 0 N–H and O–H groups in total. The summed E-state index contributed by atoms with van der Waals surface area (Å²) in [5.74, 6) is 0.133. The lowest BCUT2D eigenvalue weighted by molar-refractivity contribution is 0.101. The highest BCUT2D eigenvalue weighted by molar-refractivity contribution is 6.06. The van der Waals surface area contributed by atoms with Crippen molar-refractivity contribution in [2.75, 3.05) is 0 Å². The molecule has 2 rings (SSSR count). The van der Waals surface area contributed by atoms with Gasteiger partial charge in [0.25, 0.3) is 0 Å². The van der Waals surface area contributed by atoms with E-state index in [1.165, 1.54) is 0 Å². The lowest BCUT2D eigenvalue weighted by Crippen LogP contribution is -1.91. The fourth-order valence-electron chi connectivity index (χ4n) is 1.79. The van der Waals surface area contributed by atoms with Gasteiger partial charge < -0.3 is 4.57 Å². The van der Waals surface area contributed by atoms with Gasteiger partial charge in [-0.15, -0.1) is 0 Å². The molecule has 0 amide bonds. The predicted molar refractivity (Wildman–Crippen MR) is 57.6 cm³/mol. The van der Waals surface area contributed by atoms with Crippen LogP contribution >= 0.6 is 0 Å². The summed E-state index contributed by atoms with van der Waals surface area (Å²) in [5.41, 5.74) is 1.96. The van der Waals surface area contributed by atoms with Gasteiger partial charge in [0.1, 0.15) is 0 Å². The average Bonchev–Trinajstić information content (AvgIpc) is 2.56. The fraction of sp³-hybridized carbons (Fsp3) is 0.250. The molecule has 0 radical (unpaired) electrons. The number of para-hydroxylation sites is 1. The molecule has 0 aliphatic heterocycles. The molecule has 2 heteroatoms.